The number of hydrogen-bond acceptors (Lipinski definition) is 4. The molecule has 7 nitrogen and oxygen atoms in total. The Labute approximate surface area is 205 Å². The minimum Gasteiger partial charge on any atom is -0.378 e. The Morgan fingerprint density at radius 2 is 1.65 bits per heavy atom. The second-order valence-corrected chi connectivity index (χ2v) is 8.86. The van der Waals surface area contributed by atoms with E-state index in [1.807, 2.05) is 11.9 Å². The van der Waals surface area contributed by atoms with E-state index >= 15 is 0 Å². The SMILES string of the molecule is CN=C(NCCCCOC1CCCCCC1)N1CCC(C(=O)N2CCOCC2)CC1.I. The fourth-order valence-electron chi connectivity index (χ4n) is 4.80. The second-order valence-electron chi connectivity index (χ2n) is 8.86. The minimum atomic E-state index is 0. The molecule has 3 rings (SSSR count). The lowest BCUT2D eigenvalue weighted by Gasteiger charge is -2.36. The monoisotopic (exact) mass is 550 g/mol. The molecule has 0 atom stereocenters. The number of carbonyl (C=O) groups is 1. The van der Waals surface area contributed by atoms with Crippen molar-refractivity contribution in [3.63, 3.8) is 0 Å². The quantitative estimate of drug-likeness (QED) is 0.173. The average molecular weight is 551 g/mol. The molecule has 2 saturated heterocycles. The summed E-state index contributed by atoms with van der Waals surface area (Å²) >= 11 is 0. The number of rotatable bonds is 7. The maximum absolute atomic E-state index is 12.7. The maximum Gasteiger partial charge on any atom is 0.225 e. The van der Waals surface area contributed by atoms with E-state index in [0.717, 1.165) is 71.0 Å². The highest BCUT2D eigenvalue weighted by Gasteiger charge is 2.30. The average Bonchev–Trinajstić information content (AvgIpc) is 3.08. The summed E-state index contributed by atoms with van der Waals surface area (Å²) in [5.41, 5.74) is 0. The molecule has 2 heterocycles. The molecule has 0 aromatic rings. The predicted octanol–water partition coefficient (Wildman–Crippen LogP) is 3.27. The molecule has 0 aromatic carbocycles. The zero-order valence-electron chi connectivity index (χ0n) is 19.4. The van der Waals surface area contributed by atoms with Gasteiger partial charge in [-0.3, -0.25) is 9.79 Å². The molecular weight excluding hydrogens is 507 g/mol. The third-order valence-electron chi connectivity index (χ3n) is 6.69. The molecule has 0 spiro atoms. The van der Waals surface area contributed by atoms with Crippen molar-refractivity contribution in [3.8, 4) is 0 Å². The van der Waals surface area contributed by atoms with Gasteiger partial charge in [0.25, 0.3) is 0 Å². The fraction of sp³-hybridized carbons (Fsp3) is 0.913. The van der Waals surface area contributed by atoms with Gasteiger partial charge in [0.1, 0.15) is 0 Å². The van der Waals surface area contributed by atoms with Gasteiger partial charge >= 0.3 is 0 Å². The molecule has 3 fully saturated rings. The molecule has 0 radical (unpaired) electrons. The molecule has 2 aliphatic heterocycles. The third kappa shape index (κ3) is 9.04. The van der Waals surface area contributed by atoms with E-state index in [1.54, 1.807) is 0 Å². The topological polar surface area (TPSA) is 66.4 Å². The van der Waals surface area contributed by atoms with Gasteiger partial charge in [-0.1, -0.05) is 25.7 Å². The number of likely N-dealkylation sites (tertiary alicyclic amines) is 1. The van der Waals surface area contributed by atoms with Crippen LogP contribution in [-0.2, 0) is 14.3 Å². The second kappa shape index (κ2) is 15.3. The first kappa shape index (κ1) is 26.6. The highest BCUT2D eigenvalue weighted by molar-refractivity contribution is 14.0. The van der Waals surface area contributed by atoms with Crippen LogP contribution in [0.2, 0.25) is 0 Å². The Balaban J connectivity index is 0.00000341. The van der Waals surface area contributed by atoms with Gasteiger partial charge in [-0.15, -0.1) is 24.0 Å². The summed E-state index contributed by atoms with van der Waals surface area (Å²) in [5.74, 6) is 1.44. The smallest absolute Gasteiger partial charge is 0.225 e. The van der Waals surface area contributed by atoms with Crippen LogP contribution in [0.1, 0.15) is 64.2 Å². The first-order valence-electron chi connectivity index (χ1n) is 12.2. The molecule has 8 heteroatoms. The van der Waals surface area contributed by atoms with Gasteiger partial charge in [-0.2, -0.15) is 0 Å². The van der Waals surface area contributed by atoms with Crippen LogP contribution >= 0.6 is 24.0 Å². The number of hydrogen-bond donors (Lipinski definition) is 1. The molecule has 31 heavy (non-hydrogen) atoms. The molecule has 1 N–H and O–H groups in total. The molecule has 3 aliphatic rings. The van der Waals surface area contributed by atoms with E-state index in [9.17, 15) is 4.79 Å². The number of morpholine rings is 1. The lowest BCUT2D eigenvalue weighted by Crippen LogP contribution is -2.50. The summed E-state index contributed by atoms with van der Waals surface area (Å²) in [6, 6.07) is 0. The number of nitrogens with one attached hydrogen (secondary N) is 1. The van der Waals surface area contributed by atoms with Crippen molar-refractivity contribution in [1.82, 2.24) is 15.1 Å². The van der Waals surface area contributed by atoms with Crippen molar-refractivity contribution in [3.05, 3.63) is 0 Å². The number of piperidine rings is 1. The largest absolute Gasteiger partial charge is 0.378 e. The lowest BCUT2D eigenvalue weighted by molar-refractivity contribution is -0.140. The summed E-state index contributed by atoms with van der Waals surface area (Å²) < 4.78 is 11.4. The van der Waals surface area contributed by atoms with Crippen molar-refractivity contribution in [1.29, 1.82) is 0 Å². The number of ether oxygens (including phenoxy) is 2. The standard InChI is InChI=1S/C23H42N4O3.HI/c1-24-23(25-12-6-7-17-30-21-8-4-2-3-5-9-21)27-13-10-20(11-14-27)22(28)26-15-18-29-19-16-26;/h20-21H,2-19H2,1H3,(H,24,25);1H. The van der Waals surface area contributed by atoms with Crippen LogP contribution in [0.4, 0.5) is 0 Å². The van der Waals surface area contributed by atoms with Gasteiger partial charge in [0.15, 0.2) is 5.96 Å². The maximum atomic E-state index is 12.7. The molecule has 1 aliphatic carbocycles. The van der Waals surface area contributed by atoms with Gasteiger partial charge < -0.3 is 24.6 Å². The van der Waals surface area contributed by atoms with E-state index in [2.05, 4.69) is 15.2 Å². The Morgan fingerprint density at radius 3 is 2.29 bits per heavy atom. The van der Waals surface area contributed by atoms with Crippen LogP contribution in [0, 0.1) is 5.92 Å². The number of aliphatic imine (C=N–C) groups is 1. The molecule has 0 aromatic heterocycles. The van der Waals surface area contributed by atoms with Gasteiger partial charge in [-0.25, -0.2) is 0 Å². The van der Waals surface area contributed by atoms with Crippen LogP contribution < -0.4 is 5.32 Å². The number of carbonyl (C=O) groups excluding carboxylic acids is 1. The first-order valence-corrected chi connectivity index (χ1v) is 12.2. The van der Waals surface area contributed by atoms with Gasteiger partial charge in [0.05, 0.1) is 19.3 Å². The van der Waals surface area contributed by atoms with E-state index in [1.165, 1.54) is 38.5 Å². The number of unbranched alkanes of at least 4 members (excludes halogenated alkanes) is 1. The van der Waals surface area contributed by atoms with Crippen molar-refractivity contribution >= 4 is 35.8 Å². The zero-order chi connectivity index (χ0) is 21.0. The Hall–Kier alpha value is -0.610. The fourth-order valence-corrected chi connectivity index (χ4v) is 4.80. The number of amides is 1. The summed E-state index contributed by atoms with van der Waals surface area (Å²) in [6.07, 6.45) is 12.4. The summed E-state index contributed by atoms with van der Waals surface area (Å²) in [5, 5.41) is 3.50. The van der Waals surface area contributed by atoms with Gasteiger partial charge in [-0.05, 0) is 38.5 Å². The zero-order valence-corrected chi connectivity index (χ0v) is 21.7. The Bertz CT molecular complexity index is 527. The Morgan fingerprint density at radius 1 is 0.968 bits per heavy atom. The minimum absolute atomic E-state index is 0. The first-order chi connectivity index (χ1) is 14.8. The van der Waals surface area contributed by atoms with Gasteiger partial charge in [0, 0.05) is 52.3 Å². The lowest BCUT2D eigenvalue weighted by atomic mass is 9.95. The van der Waals surface area contributed by atoms with Crippen molar-refractivity contribution in [2.45, 2.75) is 70.3 Å². The highest BCUT2D eigenvalue weighted by atomic mass is 127. The summed E-state index contributed by atoms with van der Waals surface area (Å²) in [6.45, 7) is 6.42. The van der Waals surface area contributed by atoms with E-state index in [4.69, 9.17) is 9.47 Å². The van der Waals surface area contributed by atoms with Gasteiger partial charge in [0.2, 0.25) is 5.91 Å². The Kier molecular flexibility index (Phi) is 13.1. The van der Waals surface area contributed by atoms with Crippen molar-refractivity contribution in [2.24, 2.45) is 10.9 Å². The summed E-state index contributed by atoms with van der Waals surface area (Å²) in [4.78, 5) is 21.4. The molecule has 1 saturated carbocycles. The van der Waals surface area contributed by atoms with Crippen LogP contribution in [0.25, 0.3) is 0 Å². The summed E-state index contributed by atoms with van der Waals surface area (Å²) in [7, 11) is 1.85. The number of halogens is 1. The normalized spacial score (nSPS) is 22.0. The molecule has 0 bridgehead atoms. The van der Waals surface area contributed by atoms with Crippen LogP contribution in [-0.4, -0.2) is 87.4 Å². The molecular formula is C23H43IN4O3. The molecule has 0 unspecified atom stereocenters. The van der Waals surface area contributed by atoms with Crippen LogP contribution in [0.15, 0.2) is 4.99 Å². The molecule has 1 amide bonds. The predicted molar refractivity (Wildman–Crippen MR) is 135 cm³/mol. The third-order valence-corrected chi connectivity index (χ3v) is 6.69. The van der Waals surface area contributed by atoms with E-state index in [-0.39, 0.29) is 29.9 Å². The van der Waals surface area contributed by atoms with E-state index < -0.39 is 0 Å². The van der Waals surface area contributed by atoms with Crippen LogP contribution in [0.5, 0.6) is 0 Å². The van der Waals surface area contributed by atoms with Crippen molar-refractivity contribution < 1.29 is 14.3 Å². The van der Waals surface area contributed by atoms with Crippen molar-refractivity contribution in [2.75, 3.05) is 59.6 Å². The number of guanidine groups is 1. The highest BCUT2D eigenvalue weighted by Crippen LogP contribution is 2.21. The molecule has 180 valence electrons. The van der Waals surface area contributed by atoms with Crippen LogP contribution in [0.3, 0.4) is 0 Å². The van der Waals surface area contributed by atoms with E-state index in [0.29, 0.717) is 25.2 Å². The number of nitrogens with zero attached hydrogens (tertiary/aromatic N) is 3.